The number of ether oxygens (including phenoxy) is 1. The zero-order chi connectivity index (χ0) is 8.39. The molecule has 1 unspecified atom stereocenters. The Kier molecular flexibility index (Phi) is 4.00. The van der Waals surface area contributed by atoms with Crippen LogP contribution < -0.4 is 5.32 Å². The fourth-order valence-corrected chi connectivity index (χ4v) is 1.50. The maximum absolute atomic E-state index is 11.2. The smallest absolute Gasteiger partial charge is 0.309 e. The summed E-state index contributed by atoms with van der Waals surface area (Å²) in [7, 11) is 0. The van der Waals surface area contributed by atoms with Gasteiger partial charge in [-0.2, -0.15) is 0 Å². The molecule has 76 valence electrons. The van der Waals surface area contributed by atoms with Gasteiger partial charge in [-0.25, -0.2) is 0 Å². The van der Waals surface area contributed by atoms with E-state index in [1.807, 2.05) is 0 Å². The second kappa shape index (κ2) is 4.82. The van der Waals surface area contributed by atoms with Gasteiger partial charge in [0, 0.05) is 6.54 Å². The van der Waals surface area contributed by atoms with E-state index in [-0.39, 0.29) is 30.4 Å². The van der Waals surface area contributed by atoms with E-state index in [0.717, 1.165) is 38.8 Å². The van der Waals surface area contributed by atoms with E-state index in [2.05, 4.69) is 5.32 Å². The number of piperidine rings is 1. The third kappa shape index (κ3) is 3.16. The summed E-state index contributed by atoms with van der Waals surface area (Å²) in [5, 5.41) is 3.22. The quantitative estimate of drug-likeness (QED) is 0.687. The Morgan fingerprint density at radius 1 is 1.31 bits per heavy atom. The lowest BCUT2D eigenvalue weighted by atomic mass is 10.1. The summed E-state index contributed by atoms with van der Waals surface area (Å²) in [5.41, 5.74) is 0. The lowest BCUT2D eigenvalue weighted by Crippen LogP contribution is -2.36. The number of carbonyl (C=O) groups excluding carboxylic acids is 1. The van der Waals surface area contributed by atoms with Crippen molar-refractivity contribution in [2.45, 2.75) is 31.8 Å². The minimum absolute atomic E-state index is 0. The first kappa shape index (κ1) is 10.8. The van der Waals surface area contributed by atoms with Crippen molar-refractivity contribution in [3.63, 3.8) is 0 Å². The molecular weight excluding hydrogens is 190 g/mol. The number of nitrogens with one attached hydrogen (secondary N) is 1. The molecule has 1 aliphatic carbocycles. The van der Waals surface area contributed by atoms with E-state index < -0.39 is 0 Å². The molecule has 4 heteroatoms. The SMILES string of the molecule is Cl.O=C(OC1CCCNC1)C1CC1. The van der Waals surface area contributed by atoms with Gasteiger partial charge in [-0.05, 0) is 32.2 Å². The summed E-state index contributed by atoms with van der Waals surface area (Å²) in [5.74, 6) is 0.274. The van der Waals surface area contributed by atoms with Crippen LogP contribution in [0.1, 0.15) is 25.7 Å². The Morgan fingerprint density at radius 3 is 2.62 bits per heavy atom. The van der Waals surface area contributed by atoms with Gasteiger partial charge in [-0.15, -0.1) is 12.4 Å². The Hall–Kier alpha value is -0.280. The normalized spacial score (nSPS) is 27.5. The monoisotopic (exact) mass is 205 g/mol. The van der Waals surface area contributed by atoms with E-state index in [9.17, 15) is 4.79 Å². The van der Waals surface area contributed by atoms with Gasteiger partial charge in [0.25, 0.3) is 0 Å². The number of halogens is 1. The van der Waals surface area contributed by atoms with Crippen molar-refractivity contribution in [2.75, 3.05) is 13.1 Å². The number of rotatable bonds is 2. The first-order valence-corrected chi connectivity index (χ1v) is 4.77. The Morgan fingerprint density at radius 2 is 2.08 bits per heavy atom. The van der Waals surface area contributed by atoms with Crippen LogP contribution in [0.2, 0.25) is 0 Å². The molecular formula is C9H16ClNO2. The van der Waals surface area contributed by atoms with E-state index in [1.54, 1.807) is 0 Å². The standard InChI is InChI=1S/C9H15NO2.ClH/c11-9(7-3-4-7)12-8-2-1-5-10-6-8;/h7-8,10H,1-6H2;1H. The minimum atomic E-state index is 0. The molecule has 2 aliphatic rings. The predicted octanol–water partition coefficient (Wildman–Crippen LogP) is 1.11. The summed E-state index contributed by atoms with van der Waals surface area (Å²) < 4.78 is 5.31. The summed E-state index contributed by atoms with van der Waals surface area (Å²) in [6.07, 6.45) is 4.39. The van der Waals surface area contributed by atoms with Gasteiger partial charge in [0.05, 0.1) is 5.92 Å². The molecule has 1 atom stereocenters. The third-order valence-electron chi connectivity index (χ3n) is 2.45. The highest BCUT2D eigenvalue weighted by atomic mass is 35.5. The summed E-state index contributed by atoms with van der Waals surface area (Å²) in [4.78, 5) is 11.2. The van der Waals surface area contributed by atoms with Crippen LogP contribution in [0.3, 0.4) is 0 Å². The van der Waals surface area contributed by atoms with E-state index in [0.29, 0.717) is 0 Å². The molecule has 1 saturated carbocycles. The Bertz CT molecular complexity index is 176. The number of hydrogen-bond donors (Lipinski definition) is 1. The van der Waals surface area contributed by atoms with Crippen LogP contribution in [-0.4, -0.2) is 25.2 Å². The molecule has 1 N–H and O–H groups in total. The van der Waals surface area contributed by atoms with Crippen LogP contribution in [0, 0.1) is 5.92 Å². The fourth-order valence-electron chi connectivity index (χ4n) is 1.50. The van der Waals surface area contributed by atoms with Gasteiger partial charge >= 0.3 is 5.97 Å². The lowest BCUT2D eigenvalue weighted by Gasteiger charge is -2.22. The van der Waals surface area contributed by atoms with Crippen molar-refractivity contribution in [1.82, 2.24) is 5.32 Å². The highest BCUT2D eigenvalue weighted by Crippen LogP contribution is 2.30. The zero-order valence-corrected chi connectivity index (χ0v) is 8.44. The molecule has 3 nitrogen and oxygen atoms in total. The molecule has 2 fully saturated rings. The van der Waals surface area contributed by atoms with Crippen molar-refractivity contribution in [3.05, 3.63) is 0 Å². The molecule has 1 saturated heterocycles. The van der Waals surface area contributed by atoms with Crippen LogP contribution >= 0.6 is 12.4 Å². The minimum Gasteiger partial charge on any atom is -0.461 e. The predicted molar refractivity (Wildman–Crippen MR) is 52.0 cm³/mol. The van der Waals surface area contributed by atoms with Gasteiger partial charge in [0.1, 0.15) is 6.10 Å². The highest BCUT2D eigenvalue weighted by molar-refractivity contribution is 5.85. The van der Waals surface area contributed by atoms with Gasteiger partial charge in [0.15, 0.2) is 0 Å². The molecule has 0 aromatic rings. The van der Waals surface area contributed by atoms with Crippen molar-refractivity contribution >= 4 is 18.4 Å². The second-order valence-electron chi connectivity index (χ2n) is 3.68. The topological polar surface area (TPSA) is 38.3 Å². The van der Waals surface area contributed by atoms with Crippen molar-refractivity contribution in [1.29, 1.82) is 0 Å². The first-order chi connectivity index (χ1) is 5.86. The van der Waals surface area contributed by atoms with Crippen molar-refractivity contribution in [2.24, 2.45) is 5.92 Å². The van der Waals surface area contributed by atoms with Crippen LogP contribution in [0.4, 0.5) is 0 Å². The fraction of sp³-hybridized carbons (Fsp3) is 0.889. The van der Waals surface area contributed by atoms with Crippen molar-refractivity contribution in [3.8, 4) is 0 Å². The Labute approximate surface area is 84.6 Å². The maximum Gasteiger partial charge on any atom is 0.309 e. The molecule has 0 bridgehead atoms. The molecule has 2 rings (SSSR count). The average molecular weight is 206 g/mol. The number of carbonyl (C=O) groups is 1. The van der Waals surface area contributed by atoms with E-state index in [1.165, 1.54) is 0 Å². The Balaban J connectivity index is 0.000000845. The first-order valence-electron chi connectivity index (χ1n) is 4.77. The van der Waals surface area contributed by atoms with Crippen molar-refractivity contribution < 1.29 is 9.53 Å². The van der Waals surface area contributed by atoms with Gasteiger partial charge in [-0.3, -0.25) is 4.79 Å². The molecule has 0 spiro atoms. The molecule has 1 aliphatic heterocycles. The van der Waals surface area contributed by atoms with Gasteiger partial charge < -0.3 is 10.1 Å². The highest BCUT2D eigenvalue weighted by Gasteiger charge is 2.33. The van der Waals surface area contributed by atoms with Crippen LogP contribution in [0.15, 0.2) is 0 Å². The van der Waals surface area contributed by atoms with Crippen LogP contribution in [0.5, 0.6) is 0 Å². The van der Waals surface area contributed by atoms with Crippen LogP contribution in [-0.2, 0) is 9.53 Å². The summed E-state index contributed by atoms with van der Waals surface area (Å²) in [6.45, 7) is 1.91. The summed E-state index contributed by atoms with van der Waals surface area (Å²) >= 11 is 0. The molecule has 0 aromatic heterocycles. The third-order valence-corrected chi connectivity index (χ3v) is 2.45. The number of esters is 1. The largest absolute Gasteiger partial charge is 0.461 e. The number of hydrogen-bond acceptors (Lipinski definition) is 3. The summed E-state index contributed by atoms with van der Waals surface area (Å²) in [6, 6.07) is 0. The zero-order valence-electron chi connectivity index (χ0n) is 7.62. The molecule has 0 aromatic carbocycles. The van der Waals surface area contributed by atoms with Gasteiger partial charge in [-0.1, -0.05) is 0 Å². The van der Waals surface area contributed by atoms with E-state index in [4.69, 9.17) is 4.74 Å². The van der Waals surface area contributed by atoms with Crippen LogP contribution in [0.25, 0.3) is 0 Å². The average Bonchev–Trinajstić information content (AvgIpc) is 2.88. The van der Waals surface area contributed by atoms with Gasteiger partial charge in [0.2, 0.25) is 0 Å². The molecule has 0 amide bonds. The van der Waals surface area contributed by atoms with E-state index >= 15 is 0 Å². The lowest BCUT2D eigenvalue weighted by molar-refractivity contribution is -0.151. The maximum atomic E-state index is 11.2. The molecule has 0 radical (unpaired) electrons. The second-order valence-corrected chi connectivity index (χ2v) is 3.68. The molecule has 13 heavy (non-hydrogen) atoms. The molecule has 1 heterocycles.